The lowest BCUT2D eigenvalue weighted by Crippen LogP contribution is -1.90. The number of carbonyl (C=O) groups excluding carboxylic acids is 1. The van der Waals surface area contributed by atoms with Crippen LogP contribution in [0, 0.1) is 12.0 Å². The van der Waals surface area contributed by atoms with Crippen LogP contribution in [-0.4, -0.2) is 10.8 Å². The van der Waals surface area contributed by atoms with Gasteiger partial charge in [0.15, 0.2) is 5.78 Å². The minimum absolute atomic E-state index is 0.258. The van der Waals surface area contributed by atoms with E-state index in [0.717, 1.165) is 5.56 Å². The van der Waals surface area contributed by atoms with Gasteiger partial charge in [-0.25, -0.2) is 9.37 Å². The molecule has 2 nitrogen and oxygen atoms in total. The number of aromatic nitrogens is 1. The van der Waals surface area contributed by atoms with Gasteiger partial charge in [-0.1, -0.05) is 41.9 Å². The molecule has 1 heterocycles. The normalized spacial score (nSPS) is 11.0. The van der Waals surface area contributed by atoms with Crippen molar-refractivity contribution >= 4 is 34.8 Å². The van der Waals surface area contributed by atoms with E-state index in [2.05, 4.69) is 11.2 Å². The number of hydrogen-bond acceptors (Lipinski definition) is 3. The van der Waals surface area contributed by atoms with E-state index < -0.39 is 0 Å². The Bertz CT molecular complexity index is 871. The van der Waals surface area contributed by atoms with Crippen molar-refractivity contribution in [3.8, 4) is 10.6 Å². The van der Waals surface area contributed by atoms with Crippen LogP contribution in [0.15, 0.2) is 54.6 Å². The van der Waals surface area contributed by atoms with Gasteiger partial charge in [-0.2, -0.15) is 0 Å². The molecule has 5 heteroatoms. The summed E-state index contributed by atoms with van der Waals surface area (Å²) in [6.45, 7) is 0. The number of thiazole rings is 1. The number of ketones is 1. The van der Waals surface area contributed by atoms with Crippen molar-refractivity contribution in [3.05, 3.63) is 82.1 Å². The van der Waals surface area contributed by atoms with E-state index in [9.17, 15) is 9.18 Å². The summed E-state index contributed by atoms with van der Waals surface area (Å²) < 4.78 is 13.5. The predicted octanol–water partition coefficient (Wildman–Crippen LogP) is 5.30. The molecule has 0 aliphatic heterocycles. The van der Waals surface area contributed by atoms with Crippen LogP contribution in [0.5, 0.6) is 0 Å². The summed E-state index contributed by atoms with van der Waals surface area (Å²) in [4.78, 5) is 16.6. The monoisotopic (exact) mass is 342 g/mol. The Balaban J connectivity index is 1.79. The second kappa shape index (κ2) is 6.86. The minimum atomic E-state index is -0.369. The molecule has 0 N–H and O–H groups in total. The lowest BCUT2D eigenvalue weighted by Gasteiger charge is -1.95. The van der Waals surface area contributed by atoms with Gasteiger partial charge in [0.2, 0.25) is 0 Å². The van der Waals surface area contributed by atoms with Crippen LogP contribution >= 0.6 is 22.9 Å². The van der Waals surface area contributed by atoms with Crippen LogP contribution in [0.3, 0.4) is 0 Å². The Morgan fingerprint density at radius 2 is 1.91 bits per heavy atom. The van der Waals surface area contributed by atoms with Gasteiger partial charge >= 0.3 is 0 Å². The maximum absolute atomic E-state index is 13.5. The highest BCUT2D eigenvalue weighted by Crippen LogP contribution is 2.26. The van der Waals surface area contributed by atoms with Crippen molar-refractivity contribution in [1.29, 1.82) is 0 Å². The summed E-state index contributed by atoms with van der Waals surface area (Å²) in [5.74, 6) is -0.627. The number of hydrogen-bond donors (Lipinski definition) is 0. The fourth-order valence-electron chi connectivity index (χ4n) is 1.92. The van der Waals surface area contributed by atoms with E-state index in [4.69, 9.17) is 11.6 Å². The molecule has 3 rings (SSSR count). The van der Waals surface area contributed by atoms with Crippen molar-refractivity contribution in [2.24, 2.45) is 0 Å². The topological polar surface area (TPSA) is 30.0 Å². The van der Waals surface area contributed by atoms with Crippen molar-refractivity contribution in [2.75, 3.05) is 0 Å². The highest BCUT2D eigenvalue weighted by Gasteiger charge is 2.10. The van der Waals surface area contributed by atoms with Gasteiger partial charge in [-0.15, -0.1) is 11.3 Å². The molecular weight excluding hydrogens is 333 g/mol. The first-order valence-electron chi connectivity index (χ1n) is 6.75. The molecule has 0 saturated carbocycles. The van der Waals surface area contributed by atoms with E-state index in [0.29, 0.717) is 20.5 Å². The fourth-order valence-corrected chi connectivity index (χ4v) is 2.84. The summed E-state index contributed by atoms with van der Waals surface area (Å²) in [5.41, 5.74) is 1.23. The second-order valence-electron chi connectivity index (χ2n) is 4.69. The Morgan fingerprint density at radius 3 is 2.65 bits per heavy atom. The average Bonchev–Trinajstić information content (AvgIpc) is 3.04. The Hall–Kier alpha value is -2.30. The third-order valence-corrected chi connectivity index (χ3v) is 4.36. The summed E-state index contributed by atoms with van der Waals surface area (Å²) in [5, 5.41) is 1.32. The molecule has 0 atom stereocenters. The van der Waals surface area contributed by atoms with Crippen LogP contribution in [0.4, 0.5) is 4.39 Å². The highest BCUT2D eigenvalue weighted by molar-refractivity contribution is 7.17. The molecule has 1 aromatic heterocycles. The summed E-state index contributed by atoms with van der Waals surface area (Å²) in [6.07, 6.45) is 5.49. The molecule has 0 saturated heterocycles. The lowest BCUT2D eigenvalue weighted by molar-refractivity contribution is 0.105. The molecule has 3 aromatic rings. The average molecular weight is 343 g/mol. The summed E-state index contributed by atoms with van der Waals surface area (Å²) >= 11 is 7.08. The Labute approximate surface area is 141 Å². The maximum Gasteiger partial charge on any atom is 0.198 e. The molecule has 0 bridgehead atoms. The maximum atomic E-state index is 13.5. The molecule has 0 fully saturated rings. The number of benzene rings is 2. The number of nitrogens with zero attached hydrogens (tertiary/aromatic N) is 1. The number of halogens is 2. The van der Waals surface area contributed by atoms with Crippen LogP contribution in [-0.2, 0) is 0 Å². The molecular formula is C18H10ClFNOS. The van der Waals surface area contributed by atoms with E-state index >= 15 is 0 Å². The second-order valence-corrected chi connectivity index (χ2v) is 6.12. The summed E-state index contributed by atoms with van der Waals surface area (Å²) in [7, 11) is 0. The zero-order valence-corrected chi connectivity index (χ0v) is 13.4. The minimum Gasteiger partial charge on any atom is -0.288 e. The van der Waals surface area contributed by atoms with Crippen LogP contribution in [0.2, 0.25) is 5.02 Å². The third-order valence-electron chi connectivity index (χ3n) is 3.09. The molecule has 0 unspecified atom stereocenters. The quantitative estimate of drug-likeness (QED) is 0.475. The van der Waals surface area contributed by atoms with Gasteiger partial charge < -0.3 is 0 Å². The van der Waals surface area contributed by atoms with E-state index in [1.54, 1.807) is 30.3 Å². The molecule has 0 aliphatic carbocycles. The Kier molecular flexibility index (Phi) is 4.65. The standard InChI is InChI=1S/C18H10ClFNOS/c19-14-8-5-13(6-9-14)18-21-11-17(23-18)16(22)10-7-12-3-1-2-4-15(12)20/h1-10H. The number of carbonyl (C=O) groups is 1. The SMILES string of the molecule is O=C(C=Cc1ccccc1F)c1[c]nc(-c2ccc(Cl)cc2)s1. The van der Waals surface area contributed by atoms with Gasteiger partial charge in [0.05, 0.1) is 0 Å². The first-order chi connectivity index (χ1) is 11.1. The molecule has 1 radical (unpaired) electrons. The predicted molar refractivity (Wildman–Crippen MR) is 91.2 cm³/mol. The lowest BCUT2D eigenvalue weighted by atomic mass is 10.2. The van der Waals surface area contributed by atoms with Crippen molar-refractivity contribution < 1.29 is 9.18 Å². The van der Waals surface area contributed by atoms with Crippen LogP contribution in [0.1, 0.15) is 15.2 Å². The third kappa shape index (κ3) is 3.73. The van der Waals surface area contributed by atoms with E-state index in [1.807, 2.05) is 12.1 Å². The first-order valence-corrected chi connectivity index (χ1v) is 7.94. The molecule has 2 aromatic carbocycles. The van der Waals surface area contributed by atoms with Gasteiger partial charge in [0.1, 0.15) is 21.9 Å². The zero-order valence-electron chi connectivity index (χ0n) is 11.8. The smallest absolute Gasteiger partial charge is 0.198 e. The van der Waals surface area contributed by atoms with Crippen molar-refractivity contribution in [3.63, 3.8) is 0 Å². The van der Waals surface area contributed by atoms with E-state index in [-0.39, 0.29) is 11.6 Å². The van der Waals surface area contributed by atoms with Crippen LogP contribution < -0.4 is 0 Å². The molecule has 0 amide bonds. The Morgan fingerprint density at radius 1 is 1.17 bits per heavy atom. The van der Waals surface area contributed by atoms with Gasteiger partial charge in [0.25, 0.3) is 0 Å². The van der Waals surface area contributed by atoms with E-state index in [1.165, 1.54) is 29.6 Å². The molecule has 23 heavy (non-hydrogen) atoms. The largest absolute Gasteiger partial charge is 0.288 e. The number of allylic oxidation sites excluding steroid dienone is 1. The highest BCUT2D eigenvalue weighted by atomic mass is 35.5. The first kappa shape index (κ1) is 15.6. The zero-order chi connectivity index (χ0) is 16.2. The molecule has 0 spiro atoms. The molecule has 0 aliphatic rings. The fraction of sp³-hybridized carbons (Fsp3) is 0. The van der Waals surface area contributed by atoms with Crippen molar-refractivity contribution in [2.45, 2.75) is 0 Å². The molecule has 113 valence electrons. The van der Waals surface area contributed by atoms with Gasteiger partial charge in [0, 0.05) is 16.1 Å². The van der Waals surface area contributed by atoms with Crippen LogP contribution in [0.25, 0.3) is 16.6 Å². The van der Waals surface area contributed by atoms with Gasteiger partial charge in [-0.05, 0) is 30.4 Å². The number of rotatable bonds is 4. The van der Waals surface area contributed by atoms with Crippen molar-refractivity contribution in [1.82, 2.24) is 4.98 Å². The van der Waals surface area contributed by atoms with Gasteiger partial charge in [-0.3, -0.25) is 4.79 Å². The summed E-state index contributed by atoms with van der Waals surface area (Å²) in [6, 6.07) is 13.5.